The fourth-order valence-electron chi connectivity index (χ4n) is 2.24. The molecule has 0 fully saturated rings. The highest BCUT2D eigenvalue weighted by Crippen LogP contribution is 2.25. The molecule has 3 rings (SSSR count). The zero-order valence-corrected chi connectivity index (χ0v) is 16.0. The minimum Gasteiger partial charge on any atom is -0.346 e. The molecule has 1 N–H and O–H groups in total. The molecule has 0 bridgehead atoms. The minimum atomic E-state index is -0.290. The number of hydrogen-bond donors (Lipinski definition) is 1. The van der Waals surface area contributed by atoms with Crippen molar-refractivity contribution in [2.45, 2.75) is 13.5 Å². The van der Waals surface area contributed by atoms with Gasteiger partial charge in [-0.2, -0.15) is 5.26 Å². The van der Waals surface area contributed by atoms with Crippen LogP contribution in [0, 0.1) is 18.3 Å². The van der Waals surface area contributed by atoms with Crippen LogP contribution in [-0.2, 0) is 6.54 Å². The molecule has 0 aliphatic carbocycles. The molecular weight excluding hydrogens is 380 g/mol. The van der Waals surface area contributed by atoms with E-state index in [1.165, 1.54) is 5.56 Å². The van der Waals surface area contributed by atoms with Crippen LogP contribution in [0.3, 0.4) is 0 Å². The number of carbonyl (C=O) groups excluding carboxylic acids is 1. The molecule has 0 saturated carbocycles. The smallest absolute Gasteiger partial charge is 0.282 e. The molecule has 0 saturated heterocycles. The van der Waals surface area contributed by atoms with Crippen LogP contribution in [0.5, 0.6) is 0 Å². The van der Waals surface area contributed by atoms with Crippen LogP contribution >= 0.6 is 22.9 Å². The van der Waals surface area contributed by atoms with Crippen molar-refractivity contribution in [3.8, 4) is 6.07 Å². The maximum atomic E-state index is 12.3. The predicted octanol–water partition coefficient (Wildman–Crippen LogP) is 4.39. The number of hydrogen-bond acceptors (Lipinski definition) is 5. The molecule has 0 aliphatic heterocycles. The van der Waals surface area contributed by atoms with Gasteiger partial charge in [-0.15, -0.1) is 10.2 Å². The number of carbonyl (C=O) groups is 1. The van der Waals surface area contributed by atoms with E-state index in [-0.39, 0.29) is 10.9 Å². The second kappa shape index (κ2) is 8.58. The second-order valence-electron chi connectivity index (χ2n) is 5.81. The Morgan fingerprint density at radius 2 is 1.81 bits per heavy atom. The van der Waals surface area contributed by atoms with E-state index < -0.39 is 0 Å². The molecule has 2 aromatic carbocycles. The number of halogens is 1. The Hall–Kier alpha value is -3.01. The van der Waals surface area contributed by atoms with Gasteiger partial charge in [-0.05, 0) is 36.3 Å². The molecule has 3 aromatic rings. The quantitative estimate of drug-likeness (QED) is 0.696. The van der Waals surface area contributed by atoms with Gasteiger partial charge >= 0.3 is 0 Å². The van der Waals surface area contributed by atoms with Crippen molar-refractivity contribution < 1.29 is 4.79 Å². The van der Waals surface area contributed by atoms with Gasteiger partial charge in [-0.3, -0.25) is 4.79 Å². The average Bonchev–Trinajstić information content (AvgIpc) is 3.18. The molecule has 1 heterocycles. The number of amides is 1. The van der Waals surface area contributed by atoms with Gasteiger partial charge in [0.1, 0.15) is 0 Å². The lowest BCUT2D eigenvalue weighted by Crippen LogP contribution is -2.22. The molecule has 1 amide bonds. The molecule has 0 atom stereocenters. The van der Waals surface area contributed by atoms with E-state index in [1.807, 2.05) is 31.2 Å². The van der Waals surface area contributed by atoms with E-state index in [2.05, 4.69) is 21.6 Å². The molecule has 0 radical (unpaired) electrons. The second-order valence-corrected chi connectivity index (χ2v) is 7.19. The summed E-state index contributed by atoms with van der Waals surface area (Å²) in [5.41, 5.74) is 3.59. The summed E-state index contributed by atoms with van der Waals surface area (Å²) in [7, 11) is 0. The Labute approximate surface area is 166 Å². The van der Waals surface area contributed by atoms with E-state index in [9.17, 15) is 4.79 Å². The van der Waals surface area contributed by atoms with E-state index in [0.29, 0.717) is 22.1 Å². The largest absolute Gasteiger partial charge is 0.346 e. The Morgan fingerprint density at radius 1 is 1.15 bits per heavy atom. The van der Waals surface area contributed by atoms with Crippen LogP contribution < -0.4 is 5.32 Å². The van der Waals surface area contributed by atoms with E-state index in [4.69, 9.17) is 16.9 Å². The van der Waals surface area contributed by atoms with E-state index in [1.54, 1.807) is 30.3 Å². The molecule has 134 valence electrons. The summed E-state index contributed by atoms with van der Waals surface area (Å²) in [5, 5.41) is 20.7. The third kappa shape index (κ3) is 5.00. The number of benzene rings is 2. The monoisotopic (exact) mass is 394 g/mol. The molecule has 7 heteroatoms. The summed E-state index contributed by atoms with van der Waals surface area (Å²) in [5.74, 6) is -0.290. The van der Waals surface area contributed by atoms with Crippen LogP contribution in [0.4, 0.5) is 0 Å². The highest BCUT2D eigenvalue weighted by molar-refractivity contribution is 7.15. The van der Waals surface area contributed by atoms with Crippen molar-refractivity contribution in [3.63, 3.8) is 0 Å². The summed E-state index contributed by atoms with van der Waals surface area (Å²) >= 11 is 7.42. The minimum absolute atomic E-state index is 0.253. The van der Waals surface area contributed by atoms with Gasteiger partial charge in [0, 0.05) is 6.54 Å². The van der Waals surface area contributed by atoms with Crippen molar-refractivity contribution in [2.75, 3.05) is 0 Å². The third-order valence-electron chi connectivity index (χ3n) is 3.73. The van der Waals surface area contributed by atoms with Crippen molar-refractivity contribution in [1.82, 2.24) is 15.5 Å². The Balaban J connectivity index is 1.65. The zero-order chi connectivity index (χ0) is 19.2. The van der Waals surface area contributed by atoms with Gasteiger partial charge in [-0.1, -0.05) is 64.9 Å². The number of aromatic nitrogens is 2. The third-order valence-corrected chi connectivity index (χ3v) is 5.09. The normalized spacial score (nSPS) is 11.1. The lowest BCUT2D eigenvalue weighted by atomic mass is 10.1. The first-order valence-electron chi connectivity index (χ1n) is 8.10. The fraction of sp³-hybridized carbons (Fsp3) is 0.100. The van der Waals surface area contributed by atoms with Crippen LogP contribution in [0.15, 0.2) is 48.5 Å². The number of nitrogens with zero attached hydrogens (tertiary/aromatic N) is 3. The average molecular weight is 395 g/mol. The molecular formula is C20H15ClN4OS. The first-order chi connectivity index (χ1) is 13.0. The first kappa shape index (κ1) is 18.8. The first-order valence-corrected chi connectivity index (χ1v) is 9.29. The molecule has 27 heavy (non-hydrogen) atoms. The molecule has 0 aliphatic rings. The number of aryl methyl sites for hydroxylation is 1. The summed E-state index contributed by atoms with van der Waals surface area (Å²) in [6, 6.07) is 17.0. The highest BCUT2D eigenvalue weighted by atomic mass is 35.5. The van der Waals surface area contributed by atoms with Gasteiger partial charge < -0.3 is 5.32 Å². The van der Waals surface area contributed by atoms with Crippen LogP contribution in [0.25, 0.3) is 11.1 Å². The van der Waals surface area contributed by atoms with Crippen LogP contribution in [0.2, 0.25) is 0 Å². The summed E-state index contributed by atoms with van der Waals surface area (Å²) in [4.78, 5) is 12.3. The van der Waals surface area contributed by atoms with Gasteiger partial charge in [0.25, 0.3) is 5.91 Å². The van der Waals surface area contributed by atoms with Crippen molar-refractivity contribution >= 4 is 40.0 Å². The van der Waals surface area contributed by atoms with Gasteiger partial charge in [-0.25, -0.2) is 0 Å². The Kier molecular flexibility index (Phi) is 5.97. The predicted molar refractivity (Wildman–Crippen MR) is 107 cm³/mol. The van der Waals surface area contributed by atoms with Crippen molar-refractivity contribution in [3.05, 3.63) is 80.8 Å². The Morgan fingerprint density at radius 3 is 2.48 bits per heavy atom. The lowest BCUT2D eigenvalue weighted by molar-refractivity contribution is 0.0950. The number of rotatable bonds is 5. The number of nitriles is 1. The van der Waals surface area contributed by atoms with E-state index >= 15 is 0 Å². The maximum Gasteiger partial charge on any atom is 0.282 e. The standard InChI is InChI=1S/C20H15ClN4OS/c1-13-2-4-16(5-3-13)12-23-18(26)20-25-24-19(27-20)17(21)10-14-6-8-15(11-22)9-7-14/h2-10H,12H2,1H3,(H,23,26). The molecule has 0 unspecified atom stereocenters. The summed E-state index contributed by atoms with van der Waals surface area (Å²) in [6.07, 6.45) is 1.72. The molecule has 1 aromatic heterocycles. The van der Waals surface area contributed by atoms with Crippen LogP contribution in [0.1, 0.15) is 37.1 Å². The lowest BCUT2D eigenvalue weighted by Gasteiger charge is -2.03. The zero-order valence-electron chi connectivity index (χ0n) is 14.4. The fourth-order valence-corrected chi connectivity index (χ4v) is 3.18. The molecule has 0 spiro atoms. The van der Waals surface area contributed by atoms with Gasteiger partial charge in [0.2, 0.25) is 5.01 Å². The van der Waals surface area contributed by atoms with Crippen LogP contribution in [-0.4, -0.2) is 16.1 Å². The Bertz CT molecular complexity index is 1020. The van der Waals surface area contributed by atoms with Gasteiger partial charge in [0.05, 0.1) is 16.7 Å². The topological polar surface area (TPSA) is 78.7 Å². The molecule has 5 nitrogen and oxygen atoms in total. The summed E-state index contributed by atoms with van der Waals surface area (Å²) in [6.45, 7) is 2.43. The SMILES string of the molecule is Cc1ccc(CNC(=O)c2nnc(C(Cl)=Cc3ccc(C#N)cc3)s2)cc1. The summed E-state index contributed by atoms with van der Waals surface area (Å²) < 4.78 is 0. The highest BCUT2D eigenvalue weighted by Gasteiger charge is 2.14. The van der Waals surface area contributed by atoms with Gasteiger partial charge in [0.15, 0.2) is 5.01 Å². The van der Waals surface area contributed by atoms with Crippen molar-refractivity contribution in [1.29, 1.82) is 5.26 Å². The van der Waals surface area contributed by atoms with Crippen molar-refractivity contribution in [2.24, 2.45) is 0 Å². The van der Waals surface area contributed by atoms with E-state index in [0.717, 1.165) is 22.5 Å². The maximum absolute atomic E-state index is 12.3. The number of nitrogens with one attached hydrogen (secondary N) is 1.